The maximum atomic E-state index is 12.2. The molecule has 1 N–H and O–H groups in total. The van der Waals surface area contributed by atoms with Crippen molar-refractivity contribution in [3.8, 4) is 0 Å². The number of morpholine rings is 1. The second-order valence-corrected chi connectivity index (χ2v) is 7.60. The Labute approximate surface area is 132 Å². The first kappa shape index (κ1) is 15.7. The van der Waals surface area contributed by atoms with Crippen molar-refractivity contribution in [3.63, 3.8) is 0 Å². The number of ether oxygens (including phenoxy) is 1. The first-order chi connectivity index (χ1) is 10.3. The number of carbonyl (C=O) groups is 2. The maximum absolute atomic E-state index is 12.2. The smallest absolute Gasteiger partial charge is 0.239 e. The molecular weight excluding hydrogens is 282 g/mol. The van der Waals surface area contributed by atoms with Gasteiger partial charge in [0.15, 0.2) is 0 Å². The lowest BCUT2D eigenvalue weighted by Gasteiger charge is -2.55. The van der Waals surface area contributed by atoms with Gasteiger partial charge in [0.25, 0.3) is 0 Å². The van der Waals surface area contributed by atoms with Gasteiger partial charge in [-0.3, -0.25) is 14.5 Å². The average molecular weight is 309 g/mol. The molecule has 2 saturated heterocycles. The van der Waals surface area contributed by atoms with Gasteiger partial charge in [0.1, 0.15) is 11.6 Å². The number of hydrogen-bond acceptors (Lipinski definition) is 4. The van der Waals surface area contributed by atoms with Gasteiger partial charge in [-0.1, -0.05) is 6.92 Å². The summed E-state index contributed by atoms with van der Waals surface area (Å²) in [6.45, 7) is 8.47. The topological polar surface area (TPSA) is 61.9 Å². The van der Waals surface area contributed by atoms with Gasteiger partial charge in [-0.2, -0.15) is 0 Å². The van der Waals surface area contributed by atoms with Crippen molar-refractivity contribution in [1.29, 1.82) is 0 Å². The minimum atomic E-state index is -0.267. The molecule has 0 radical (unpaired) electrons. The third-order valence-electron chi connectivity index (χ3n) is 5.05. The fourth-order valence-electron chi connectivity index (χ4n) is 3.55. The Hall–Kier alpha value is -1.14. The van der Waals surface area contributed by atoms with E-state index < -0.39 is 0 Å². The predicted molar refractivity (Wildman–Crippen MR) is 82.2 cm³/mol. The summed E-state index contributed by atoms with van der Waals surface area (Å²) in [5, 5.41) is 2.94. The maximum Gasteiger partial charge on any atom is 0.239 e. The third kappa shape index (κ3) is 2.86. The largest absolute Gasteiger partial charge is 0.368 e. The average Bonchev–Trinajstić information content (AvgIpc) is 3.11. The molecule has 3 rings (SSSR count). The Morgan fingerprint density at radius 3 is 2.41 bits per heavy atom. The summed E-state index contributed by atoms with van der Waals surface area (Å²) in [6.07, 6.45) is 1.03. The Bertz CT molecular complexity index is 473. The van der Waals surface area contributed by atoms with E-state index in [1.54, 1.807) is 0 Å². The van der Waals surface area contributed by atoms with Crippen molar-refractivity contribution < 1.29 is 14.3 Å². The first-order valence-electron chi connectivity index (χ1n) is 8.25. The third-order valence-corrected chi connectivity index (χ3v) is 5.05. The quantitative estimate of drug-likeness (QED) is 0.802. The number of carbonyl (C=O) groups excluding carboxylic acids is 2. The van der Waals surface area contributed by atoms with Crippen molar-refractivity contribution in [1.82, 2.24) is 15.1 Å². The molecule has 1 spiro atoms. The Balaban J connectivity index is 1.51. The molecule has 22 heavy (non-hydrogen) atoms. The highest BCUT2D eigenvalue weighted by Crippen LogP contribution is 2.42. The van der Waals surface area contributed by atoms with Gasteiger partial charge >= 0.3 is 0 Å². The first-order valence-corrected chi connectivity index (χ1v) is 8.25. The number of hydrogen-bond donors (Lipinski definition) is 1. The van der Waals surface area contributed by atoms with Crippen molar-refractivity contribution in [2.45, 2.75) is 44.9 Å². The van der Waals surface area contributed by atoms with E-state index >= 15 is 0 Å². The van der Waals surface area contributed by atoms with Crippen LogP contribution in [0.1, 0.15) is 27.2 Å². The van der Waals surface area contributed by atoms with Gasteiger partial charge in [-0.05, 0) is 33.2 Å². The lowest BCUT2D eigenvalue weighted by molar-refractivity contribution is -0.202. The molecule has 3 atom stereocenters. The molecule has 1 saturated carbocycles. The summed E-state index contributed by atoms with van der Waals surface area (Å²) in [7, 11) is 1.96. The molecule has 3 aliphatic rings. The Morgan fingerprint density at radius 1 is 1.27 bits per heavy atom. The van der Waals surface area contributed by atoms with E-state index in [0.29, 0.717) is 32.2 Å². The normalized spacial score (nSPS) is 33.7. The van der Waals surface area contributed by atoms with E-state index in [1.807, 2.05) is 25.8 Å². The van der Waals surface area contributed by atoms with Crippen LogP contribution in [0.5, 0.6) is 0 Å². The monoisotopic (exact) mass is 309 g/mol. The number of likely N-dealkylation sites (N-methyl/N-ethyl adjacent to an activating group) is 1. The minimum absolute atomic E-state index is 0.0198. The number of nitrogens with zero attached hydrogens (tertiary/aromatic N) is 2. The van der Waals surface area contributed by atoms with Crippen molar-refractivity contribution >= 4 is 11.8 Å². The van der Waals surface area contributed by atoms with Crippen LogP contribution in [0.3, 0.4) is 0 Å². The molecular formula is C16H27N3O3. The van der Waals surface area contributed by atoms with E-state index in [1.165, 1.54) is 0 Å². The molecule has 124 valence electrons. The summed E-state index contributed by atoms with van der Waals surface area (Å²) in [5.74, 6) is 1.09. The summed E-state index contributed by atoms with van der Waals surface area (Å²) >= 11 is 0. The van der Waals surface area contributed by atoms with E-state index in [2.05, 4.69) is 17.1 Å². The highest BCUT2D eigenvalue weighted by molar-refractivity contribution is 5.83. The van der Waals surface area contributed by atoms with Crippen molar-refractivity contribution in [3.05, 3.63) is 0 Å². The second kappa shape index (κ2) is 5.49. The molecule has 2 amide bonds. The second-order valence-electron chi connectivity index (χ2n) is 7.60. The molecule has 2 aliphatic heterocycles. The molecule has 0 aromatic rings. The Morgan fingerprint density at radius 2 is 1.91 bits per heavy atom. The molecule has 3 unspecified atom stereocenters. The molecule has 2 heterocycles. The standard InChI is InChI=1S/C16H27N3O3/c1-10(2)17-14(20)13-6-22-16(7-18(13)4)8-19(9-16)15(21)12-5-11(12)3/h10-13H,5-9H2,1-4H3,(H,17,20). The van der Waals surface area contributed by atoms with Crippen molar-refractivity contribution in [2.24, 2.45) is 11.8 Å². The molecule has 1 aliphatic carbocycles. The predicted octanol–water partition coefficient (Wildman–Crippen LogP) is 0.0786. The molecule has 0 aromatic heterocycles. The van der Waals surface area contributed by atoms with Gasteiger partial charge in [-0.15, -0.1) is 0 Å². The van der Waals surface area contributed by atoms with E-state index in [9.17, 15) is 9.59 Å². The SMILES string of the molecule is CC(C)NC(=O)C1COC2(CN(C(=O)C3CC3C)C2)CN1C. The van der Waals surface area contributed by atoms with Crippen LogP contribution in [-0.2, 0) is 14.3 Å². The van der Waals surface area contributed by atoms with Gasteiger partial charge < -0.3 is 15.0 Å². The fourth-order valence-corrected chi connectivity index (χ4v) is 3.55. The molecule has 3 fully saturated rings. The van der Waals surface area contributed by atoms with Crippen LogP contribution in [0.15, 0.2) is 0 Å². The van der Waals surface area contributed by atoms with Gasteiger partial charge in [-0.25, -0.2) is 0 Å². The molecule has 6 nitrogen and oxygen atoms in total. The van der Waals surface area contributed by atoms with Crippen LogP contribution in [0.25, 0.3) is 0 Å². The zero-order valence-corrected chi connectivity index (χ0v) is 14.0. The Kier molecular flexibility index (Phi) is 3.93. The zero-order chi connectivity index (χ0) is 16.1. The van der Waals surface area contributed by atoms with Crippen molar-refractivity contribution in [2.75, 3.05) is 33.3 Å². The summed E-state index contributed by atoms with van der Waals surface area (Å²) in [6, 6.07) is -0.102. The van der Waals surface area contributed by atoms with Crippen LogP contribution in [0, 0.1) is 11.8 Å². The van der Waals surface area contributed by atoms with Crippen LogP contribution in [-0.4, -0.2) is 72.6 Å². The lowest BCUT2D eigenvalue weighted by Crippen LogP contribution is -2.73. The number of likely N-dealkylation sites (tertiary alicyclic amines) is 1. The molecule has 0 aromatic carbocycles. The highest BCUT2D eigenvalue weighted by atomic mass is 16.5. The number of nitrogens with one attached hydrogen (secondary N) is 1. The van der Waals surface area contributed by atoms with Crippen LogP contribution < -0.4 is 5.32 Å². The zero-order valence-electron chi connectivity index (χ0n) is 14.0. The van der Waals surface area contributed by atoms with Gasteiger partial charge in [0.2, 0.25) is 11.8 Å². The fraction of sp³-hybridized carbons (Fsp3) is 0.875. The molecule has 6 heteroatoms. The van der Waals surface area contributed by atoms with Crippen LogP contribution >= 0.6 is 0 Å². The minimum Gasteiger partial charge on any atom is -0.368 e. The highest BCUT2D eigenvalue weighted by Gasteiger charge is 2.54. The van der Waals surface area contributed by atoms with E-state index in [4.69, 9.17) is 4.74 Å². The summed E-state index contributed by atoms with van der Waals surface area (Å²) in [5.41, 5.74) is -0.267. The molecule has 0 bridgehead atoms. The van der Waals surface area contributed by atoms with E-state index in [0.717, 1.165) is 6.42 Å². The van der Waals surface area contributed by atoms with Crippen LogP contribution in [0.2, 0.25) is 0 Å². The summed E-state index contributed by atoms with van der Waals surface area (Å²) in [4.78, 5) is 28.3. The van der Waals surface area contributed by atoms with Gasteiger partial charge in [0.05, 0.1) is 19.7 Å². The summed E-state index contributed by atoms with van der Waals surface area (Å²) < 4.78 is 6.00. The van der Waals surface area contributed by atoms with E-state index in [-0.39, 0.29) is 35.4 Å². The van der Waals surface area contributed by atoms with Gasteiger partial charge in [0, 0.05) is 18.5 Å². The van der Waals surface area contributed by atoms with Crippen LogP contribution in [0.4, 0.5) is 0 Å². The lowest BCUT2D eigenvalue weighted by atomic mass is 9.90. The number of rotatable bonds is 3. The number of amides is 2.